The summed E-state index contributed by atoms with van der Waals surface area (Å²) in [5.41, 5.74) is 0. The van der Waals surface area contributed by atoms with Crippen molar-refractivity contribution in [2.75, 3.05) is 0 Å². The van der Waals surface area contributed by atoms with Gasteiger partial charge in [0.15, 0.2) is 6.10 Å². The second-order valence-corrected chi connectivity index (χ2v) is 3.94. The van der Waals surface area contributed by atoms with Gasteiger partial charge >= 0.3 is 29.7 Å². The molecule has 1 unspecified atom stereocenters. The van der Waals surface area contributed by atoms with E-state index in [0.717, 1.165) is 0 Å². The summed E-state index contributed by atoms with van der Waals surface area (Å²) in [7, 11) is 0. The number of ether oxygens (including phenoxy) is 1. The van der Waals surface area contributed by atoms with Crippen molar-refractivity contribution in [1.82, 2.24) is 0 Å². The maximum atomic E-state index is 13.2. The van der Waals surface area contributed by atoms with Crippen LogP contribution in [0.2, 0.25) is 0 Å². The lowest BCUT2D eigenvalue weighted by Gasteiger charge is -2.37. The van der Waals surface area contributed by atoms with E-state index in [-0.39, 0.29) is 6.92 Å². The smallest absolute Gasteiger partial charge is 0.381 e. The lowest BCUT2D eigenvalue weighted by molar-refractivity contribution is -0.374. The molecule has 0 aliphatic rings. The van der Waals surface area contributed by atoms with E-state index in [0.29, 0.717) is 6.08 Å². The fourth-order valence-electron chi connectivity index (χ4n) is 1.04. The first-order valence-corrected chi connectivity index (χ1v) is 4.97. The van der Waals surface area contributed by atoms with Gasteiger partial charge < -0.3 is 4.74 Å². The highest BCUT2D eigenvalue weighted by atomic mass is 19.4. The molecule has 0 amide bonds. The zero-order chi connectivity index (χ0) is 16.6. The first-order valence-electron chi connectivity index (χ1n) is 4.97. The van der Waals surface area contributed by atoms with Crippen molar-refractivity contribution in [1.29, 1.82) is 0 Å². The molecule has 2 nitrogen and oxygen atoms in total. The van der Waals surface area contributed by atoms with Crippen LogP contribution in [0, 0.1) is 0 Å². The predicted molar refractivity (Wildman–Crippen MR) is 51.2 cm³/mol. The average Bonchev–Trinajstić information content (AvgIpc) is 2.26. The minimum Gasteiger partial charge on any atom is -0.453 e. The molecular formula is C10H10F8O2. The Labute approximate surface area is 108 Å². The van der Waals surface area contributed by atoms with Crippen LogP contribution in [-0.4, -0.2) is 35.8 Å². The van der Waals surface area contributed by atoms with Gasteiger partial charge in [0, 0.05) is 13.0 Å². The van der Waals surface area contributed by atoms with Crippen LogP contribution in [0.25, 0.3) is 0 Å². The summed E-state index contributed by atoms with van der Waals surface area (Å²) < 4.78 is 107. The fourth-order valence-corrected chi connectivity index (χ4v) is 1.04. The molecule has 0 spiro atoms. The summed E-state index contributed by atoms with van der Waals surface area (Å²) in [4.78, 5) is 10.6. The maximum absolute atomic E-state index is 13.2. The Balaban J connectivity index is 5.56. The topological polar surface area (TPSA) is 26.3 Å². The Morgan fingerprint density at radius 3 is 1.75 bits per heavy atom. The summed E-state index contributed by atoms with van der Waals surface area (Å²) in [6.45, 7) is 2.31. The Bertz CT molecular complexity index is 385. The van der Waals surface area contributed by atoms with E-state index in [4.69, 9.17) is 0 Å². The largest absolute Gasteiger partial charge is 0.453 e. The van der Waals surface area contributed by atoms with E-state index in [1.807, 2.05) is 0 Å². The molecule has 118 valence electrons. The Kier molecular flexibility index (Phi) is 4.86. The van der Waals surface area contributed by atoms with E-state index in [9.17, 15) is 39.9 Å². The highest BCUT2D eigenvalue weighted by molar-refractivity contribution is 5.81. The van der Waals surface area contributed by atoms with Crippen LogP contribution < -0.4 is 0 Å². The molecule has 0 aromatic rings. The number of carbonyl (C=O) groups is 1. The highest BCUT2D eigenvalue weighted by Crippen LogP contribution is 2.53. The molecule has 0 aliphatic carbocycles. The first-order chi connectivity index (χ1) is 8.63. The number of halogens is 8. The van der Waals surface area contributed by atoms with E-state index < -0.39 is 42.7 Å². The van der Waals surface area contributed by atoms with Crippen molar-refractivity contribution in [3.63, 3.8) is 0 Å². The molecule has 0 saturated heterocycles. The second-order valence-electron chi connectivity index (χ2n) is 3.94. The van der Waals surface area contributed by atoms with Crippen LogP contribution in [0.4, 0.5) is 35.1 Å². The van der Waals surface area contributed by atoms with Crippen LogP contribution in [0.5, 0.6) is 0 Å². The number of rotatable bonds is 6. The molecule has 0 fully saturated rings. The minimum absolute atomic E-state index is 0.166. The van der Waals surface area contributed by atoms with Gasteiger partial charge in [0.05, 0.1) is 0 Å². The van der Waals surface area contributed by atoms with E-state index >= 15 is 0 Å². The molecule has 0 bridgehead atoms. The van der Waals surface area contributed by atoms with Crippen molar-refractivity contribution < 1.29 is 44.7 Å². The van der Waals surface area contributed by atoms with Crippen molar-refractivity contribution >= 4 is 5.97 Å². The molecule has 0 aliphatic heterocycles. The van der Waals surface area contributed by atoms with Gasteiger partial charge in [0.25, 0.3) is 0 Å². The molecule has 0 saturated carbocycles. The molecule has 0 aromatic heterocycles. The average molecular weight is 314 g/mol. The maximum Gasteiger partial charge on any atom is 0.381 e. The zero-order valence-electron chi connectivity index (χ0n) is 10.2. The van der Waals surface area contributed by atoms with Gasteiger partial charge in [-0.25, -0.2) is 4.79 Å². The van der Waals surface area contributed by atoms with E-state index in [1.54, 1.807) is 0 Å². The van der Waals surface area contributed by atoms with Crippen molar-refractivity contribution in [2.45, 2.75) is 43.6 Å². The quantitative estimate of drug-likeness (QED) is 0.425. The molecule has 0 aromatic carbocycles. The third kappa shape index (κ3) is 2.88. The first kappa shape index (κ1) is 18.7. The van der Waals surface area contributed by atoms with Gasteiger partial charge in [0.1, 0.15) is 0 Å². The standard InChI is InChI=1S/C10H10F8O2/c1-4-6(19)20-5(2)8(13,14)10(17,18)9(15,16)7(3,11)12/h4-5H,1H2,2-3H3. The monoisotopic (exact) mass is 314 g/mol. The Morgan fingerprint density at radius 2 is 1.45 bits per heavy atom. The molecular weight excluding hydrogens is 304 g/mol. The normalized spacial score (nSPS) is 15.7. The number of hydrogen-bond donors (Lipinski definition) is 0. The lowest BCUT2D eigenvalue weighted by atomic mass is 9.96. The van der Waals surface area contributed by atoms with Crippen molar-refractivity contribution in [2.24, 2.45) is 0 Å². The Hall–Kier alpha value is -1.35. The van der Waals surface area contributed by atoms with Gasteiger partial charge in [-0.3, -0.25) is 0 Å². The van der Waals surface area contributed by atoms with Gasteiger partial charge in [-0.05, 0) is 6.92 Å². The predicted octanol–water partition coefficient (Wildman–Crippen LogP) is 3.67. The van der Waals surface area contributed by atoms with Gasteiger partial charge in [0.2, 0.25) is 0 Å². The number of carbonyl (C=O) groups excluding carboxylic acids is 1. The SMILES string of the molecule is C=CC(=O)OC(C)C(F)(F)C(F)(F)C(F)(F)C(C)(F)F. The van der Waals surface area contributed by atoms with Crippen molar-refractivity contribution in [3.8, 4) is 0 Å². The third-order valence-electron chi connectivity index (χ3n) is 2.33. The summed E-state index contributed by atoms with van der Waals surface area (Å²) in [5, 5.41) is 0. The summed E-state index contributed by atoms with van der Waals surface area (Å²) in [6.07, 6.45) is -2.76. The molecule has 0 rings (SSSR count). The molecule has 1 atom stereocenters. The zero-order valence-corrected chi connectivity index (χ0v) is 10.2. The van der Waals surface area contributed by atoms with Gasteiger partial charge in [-0.15, -0.1) is 0 Å². The molecule has 20 heavy (non-hydrogen) atoms. The van der Waals surface area contributed by atoms with Crippen molar-refractivity contribution in [3.05, 3.63) is 12.7 Å². The highest BCUT2D eigenvalue weighted by Gasteiger charge is 2.80. The summed E-state index contributed by atoms with van der Waals surface area (Å²) in [6, 6.07) is 0. The molecule has 0 N–H and O–H groups in total. The van der Waals surface area contributed by atoms with Gasteiger partial charge in [-0.1, -0.05) is 6.58 Å². The molecule has 0 radical (unpaired) electrons. The van der Waals surface area contributed by atoms with E-state index in [2.05, 4.69) is 11.3 Å². The number of alkyl halides is 8. The van der Waals surface area contributed by atoms with Crippen LogP contribution in [0.15, 0.2) is 12.7 Å². The third-order valence-corrected chi connectivity index (χ3v) is 2.33. The number of hydrogen-bond acceptors (Lipinski definition) is 2. The van der Waals surface area contributed by atoms with Crippen LogP contribution >= 0.6 is 0 Å². The Morgan fingerprint density at radius 1 is 1.05 bits per heavy atom. The van der Waals surface area contributed by atoms with E-state index in [1.165, 1.54) is 0 Å². The summed E-state index contributed by atoms with van der Waals surface area (Å²) in [5.74, 6) is -25.5. The number of esters is 1. The fraction of sp³-hybridized carbons (Fsp3) is 0.700. The molecule has 0 heterocycles. The summed E-state index contributed by atoms with van der Waals surface area (Å²) >= 11 is 0. The van der Waals surface area contributed by atoms with Crippen LogP contribution in [0.1, 0.15) is 13.8 Å². The van der Waals surface area contributed by atoms with Crippen LogP contribution in [-0.2, 0) is 9.53 Å². The molecule has 10 heteroatoms. The van der Waals surface area contributed by atoms with Crippen LogP contribution in [0.3, 0.4) is 0 Å². The minimum atomic E-state index is -6.45. The lowest BCUT2D eigenvalue weighted by Crippen LogP contribution is -2.64. The van der Waals surface area contributed by atoms with Gasteiger partial charge in [-0.2, -0.15) is 35.1 Å². The second kappa shape index (κ2) is 5.21.